The summed E-state index contributed by atoms with van der Waals surface area (Å²) in [5.74, 6) is 0.152. The van der Waals surface area contributed by atoms with Gasteiger partial charge in [-0.2, -0.15) is 0 Å². The van der Waals surface area contributed by atoms with Gasteiger partial charge in [-0.05, 0) is 65.7 Å². The first-order chi connectivity index (χ1) is 12.6. The number of amides is 1. The number of sulfonamides is 1. The van der Waals surface area contributed by atoms with E-state index in [-0.39, 0.29) is 5.91 Å². The van der Waals surface area contributed by atoms with E-state index in [4.69, 9.17) is 4.74 Å². The molecule has 2 aromatic rings. The van der Waals surface area contributed by atoms with E-state index in [1.807, 2.05) is 25.1 Å². The molecule has 1 unspecified atom stereocenters. The van der Waals surface area contributed by atoms with Gasteiger partial charge in [0.1, 0.15) is 11.8 Å². The maximum atomic E-state index is 12.5. The summed E-state index contributed by atoms with van der Waals surface area (Å²) < 4.78 is 31.4. The van der Waals surface area contributed by atoms with Crippen molar-refractivity contribution in [2.75, 3.05) is 28.7 Å². The van der Waals surface area contributed by atoms with Gasteiger partial charge in [-0.15, -0.1) is 0 Å². The predicted molar refractivity (Wildman–Crippen MR) is 112 cm³/mol. The second-order valence-corrected chi connectivity index (χ2v) is 8.73. The number of halogens is 1. The molecule has 0 fully saturated rings. The average molecular weight is 456 g/mol. The molecule has 2 aromatic carbocycles. The number of aryl methyl sites for hydroxylation is 1. The molecule has 0 aliphatic heterocycles. The fourth-order valence-corrected chi connectivity index (χ4v) is 3.51. The van der Waals surface area contributed by atoms with E-state index in [0.717, 1.165) is 16.3 Å². The van der Waals surface area contributed by atoms with Gasteiger partial charge < -0.3 is 15.4 Å². The third-order valence-electron chi connectivity index (χ3n) is 3.65. The van der Waals surface area contributed by atoms with E-state index in [1.165, 1.54) is 7.11 Å². The molecule has 0 bridgehead atoms. The van der Waals surface area contributed by atoms with Crippen LogP contribution in [0.15, 0.2) is 40.9 Å². The number of methoxy groups -OCH3 is 1. The zero-order valence-electron chi connectivity index (χ0n) is 15.5. The van der Waals surface area contributed by atoms with Gasteiger partial charge in [-0.3, -0.25) is 9.52 Å². The fraction of sp³-hybridized carbons (Fsp3) is 0.278. The second-order valence-electron chi connectivity index (χ2n) is 6.13. The first-order valence-electron chi connectivity index (χ1n) is 8.08. The van der Waals surface area contributed by atoms with E-state index < -0.39 is 16.1 Å². The quantitative estimate of drug-likeness (QED) is 0.592. The van der Waals surface area contributed by atoms with Gasteiger partial charge >= 0.3 is 0 Å². The fourth-order valence-electron chi connectivity index (χ4n) is 2.36. The number of anilines is 3. The number of hydrogen-bond acceptors (Lipinski definition) is 5. The topological polar surface area (TPSA) is 96.5 Å². The minimum Gasteiger partial charge on any atom is -0.495 e. The van der Waals surface area contributed by atoms with Crippen LogP contribution in [0.25, 0.3) is 0 Å². The van der Waals surface area contributed by atoms with E-state index in [1.54, 1.807) is 25.1 Å². The van der Waals surface area contributed by atoms with Crippen LogP contribution in [0.5, 0.6) is 5.75 Å². The van der Waals surface area contributed by atoms with Crippen LogP contribution in [0.4, 0.5) is 17.1 Å². The van der Waals surface area contributed by atoms with Crippen molar-refractivity contribution in [3.05, 3.63) is 46.4 Å². The molecule has 27 heavy (non-hydrogen) atoms. The van der Waals surface area contributed by atoms with Crippen LogP contribution in [0.1, 0.15) is 12.5 Å². The number of ether oxygens (including phenoxy) is 1. The summed E-state index contributed by atoms with van der Waals surface area (Å²) in [6, 6.07) is 10.00. The predicted octanol–water partition coefficient (Wildman–Crippen LogP) is 3.58. The van der Waals surface area contributed by atoms with Crippen LogP contribution in [-0.2, 0) is 14.8 Å². The second kappa shape index (κ2) is 8.62. The smallest absolute Gasteiger partial charge is 0.246 e. The summed E-state index contributed by atoms with van der Waals surface area (Å²) in [5.41, 5.74) is 2.62. The maximum Gasteiger partial charge on any atom is 0.246 e. The number of hydrogen-bond donors (Lipinski definition) is 3. The summed E-state index contributed by atoms with van der Waals surface area (Å²) in [7, 11) is -2.01. The van der Waals surface area contributed by atoms with Crippen molar-refractivity contribution < 1.29 is 17.9 Å². The molecule has 2 rings (SSSR count). The van der Waals surface area contributed by atoms with E-state index in [0.29, 0.717) is 22.8 Å². The van der Waals surface area contributed by atoms with Crippen LogP contribution in [-0.4, -0.2) is 33.7 Å². The Morgan fingerprint density at radius 2 is 1.85 bits per heavy atom. The molecule has 3 N–H and O–H groups in total. The molecule has 1 amide bonds. The Morgan fingerprint density at radius 1 is 1.15 bits per heavy atom. The van der Waals surface area contributed by atoms with Gasteiger partial charge in [0, 0.05) is 10.2 Å². The van der Waals surface area contributed by atoms with E-state index in [2.05, 4.69) is 31.3 Å². The van der Waals surface area contributed by atoms with E-state index >= 15 is 0 Å². The van der Waals surface area contributed by atoms with Crippen molar-refractivity contribution in [3.63, 3.8) is 0 Å². The first kappa shape index (κ1) is 21.0. The van der Waals surface area contributed by atoms with Crippen molar-refractivity contribution in [1.82, 2.24) is 0 Å². The Morgan fingerprint density at radius 3 is 2.44 bits per heavy atom. The van der Waals surface area contributed by atoms with Crippen molar-refractivity contribution >= 4 is 48.9 Å². The minimum absolute atomic E-state index is 0.229. The minimum atomic E-state index is -3.46. The van der Waals surface area contributed by atoms with Crippen molar-refractivity contribution in [2.45, 2.75) is 19.9 Å². The molecule has 9 heteroatoms. The first-order valence-corrected chi connectivity index (χ1v) is 10.8. The van der Waals surface area contributed by atoms with E-state index in [9.17, 15) is 13.2 Å². The van der Waals surface area contributed by atoms with Gasteiger partial charge in [-0.25, -0.2) is 8.42 Å². The zero-order valence-corrected chi connectivity index (χ0v) is 17.9. The molecule has 0 heterocycles. The molecular formula is C18H22BrN3O4S. The average Bonchev–Trinajstić information content (AvgIpc) is 2.56. The summed E-state index contributed by atoms with van der Waals surface area (Å²) in [4.78, 5) is 12.5. The lowest BCUT2D eigenvalue weighted by atomic mass is 10.2. The molecule has 0 aliphatic rings. The summed E-state index contributed by atoms with van der Waals surface area (Å²) in [5, 5.41) is 5.90. The molecule has 0 spiro atoms. The number of carbonyl (C=O) groups is 1. The Bertz CT molecular complexity index is 948. The lowest BCUT2D eigenvalue weighted by Gasteiger charge is -2.18. The van der Waals surface area contributed by atoms with Crippen LogP contribution >= 0.6 is 15.9 Å². The van der Waals surface area contributed by atoms with Gasteiger partial charge in [0.25, 0.3) is 0 Å². The Balaban J connectivity index is 2.13. The SMILES string of the molecule is COc1ccc(NC(C)C(=O)Nc2ccc(C)cc2Br)cc1NS(C)(=O)=O. The van der Waals surface area contributed by atoms with Crippen molar-refractivity contribution in [1.29, 1.82) is 0 Å². The van der Waals surface area contributed by atoms with Crippen LogP contribution in [0.2, 0.25) is 0 Å². The van der Waals surface area contributed by atoms with Gasteiger partial charge in [0.15, 0.2) is 0 Å². The summed E-state index contributed by atoms with van der Waals surface area (Å²) in [6.07, 6.45) is 1.06. The summed E-state index contributed by atoms with van der Waals surface area (Å²) in [6.45, 7) is 3.68. The molecular weight excluding hydrogens is 434 g/mol. The lowest BCUT2D eigenvalue weighted by Crippen LogP contribution is -2.32. The third-order valence-corrected chi connectivity index (χ3v) is 4.90. The van der Waals surface area contributed by atoms with Crippen LogP contribution in [0, 0.1) is 6.92 Å². The Labute approximate surface area is 167 Å². The molecule has 0 radical (unpaired) electrons. The number of benzene rings is 2. The third kappa shape index (κ3) is 6.14. The maximum absolute atomic E-state index is 12.5. The zero-order chi connectivity index (χ0) is 20.2. The number of rotatable bonds is 7. The number of carbonyl (C=O) groups excluding carboxylic acids is 1. The van der Waals surface area contributed by atoms with Crippen LogP contribution in [0.3, 0.4) is 0 Å². The lowest BCUT2D eigenvalue weighted by molar-refractivity contribution is -0.116. The molecule has 1 atom stereocenters. The van der Waals surface area contributed by atoms with Gasteiger partial charge in [0.2, 0.25) is 15.9 Å². The Hall–Kier alpha value is -2.26. The van der Waals surface area contributed by atoms with Crippen molar-refractivity contribution in [2.24, 2.45) is 0 Å². The normalized spacial score (nSPS) is 12.2. The molecule has 0 saturated carbocycles. The molecule has 0 aromatic heterocycles. The van der Waals surface area contributed by atoms with Gasteiger partial charge in [-0.1, -0.05) is 6.07 Å². The summed E-state index contributed by atoms with van der Waals surface area (Å²) >= 11 is 3.43. The highest BCUT2D eigenvalue weighted by Crippen LogP contribution is 2.29. The Kier molecular flexibility index (Phi) is 6.72. The number of nitrogens with one attached hydrogen (secondary N) is 3. The highest BCUT2D eigenvalue weighted by molar-refractivity contribution is 9.10. The highest BCUT2D eigenvalue weighted by atomic mass is 79.9. The molecule has 7 nitrogen and oxygen atoms in total. The molecule has 0 aliphatic carbocycles. The van der Waals surface area contributed by atoms with Crippen molar-refractivity contribution in [3.8, 4) is 5.75 Å². The molecule has 146 valence electrons. The molecule has 0 saturated heterocycles. The van der Waals surface area contributed by atoms with Gasteiger partial charge in [0.05, 0.1) is 24.7 Å². The standard InChI is InChI=1S/C18H22BrN3O4S/c1-11-5-7-15(14(19)9-11)21-18(23)12(2)20-13-6-8-17(26-3)16(10-13)22-27(4,24)25/h5-10,12,20,22H,1-4H3,(H,21,23). The van der Waals surface area contributed by atoms with Crippen LogP contribution < -0.4 is 20.1 Å². The highest BCUT2D eigenvalue weighted by Gasteiger charge is 2.16. The monoisotopic (exact) mass is 455 g/mol. The largest absolute Gasteiger partial charge is 0.495 e.